The highest BCUT2D eigenvalue weighted by molar-refractivity contribution is 5.35. The maximum atomic E-state index is 5.91. The van der Waals surface area contributed by atoms with Gasteiger partial charge in [-0.15, -0.1) is 0 Å². The molecule has 1 nitrogen and oxygen atoms in total. The van der Waals surface area contributed by atoms with Gasteiger partial charge >= 0.3 is 0 Å². The van der Waals surface area contributed by atoms with E-state index in [1.54, 1.807) is 0 Å². The fourth-order valence-corrected chi connectivity index (χ4v) is 3.79. The summed E-state index contributed by atoms with van der Waals surface area (Å²) in [6.45, 7) is 7.42. The predicted octanol–water partition coefficient (Wildman–Crippen LogP) is 8.94. The van der Waals surface area contributed by atoms with Gasteiger partial charge in [-0.3, -0.25) is 0 Å². The summed E-state index contributed by atoms with van der Waals surface area (Å²) in [4.78, 5) is 0. The molecule has 0 heterocycles. The highest BCUT2D eigenvalue weighted by Crippen LogP contribution is 2.19. The second-order valence-corrected chi connectivity index (χ2v) is 8.42. The first-order chi connectivity index (χ1) is 13.2. The van der Waals surface area contributed by atoms with Crippen molar-refractivity contribution >= 4 is 0 Å². The van der Waals surface area contributed by atoms with E-state index in [-0.39, 0.29) is 0 Å². The molecule has 0 atom stereocenters. The molecule has 0 saturated heterocycles. The van der Waals surface area contributed by atoms with E-state index in [1.807, 2.05) is 0 Å². The minimum Gasteiger partial charge on any atom is -0.493 e. The minimum atomic E-state index is 0.863. The van der Waals surface area contributed by atoms with E-state index in [0.29, 0.717) is 0 Å². The lowest BCUT2D eigenvalue weighted by atomic mass is 10.0. The van der Waals surface area contributed by atoms with Crippen LogP contribution in [0.4, 0.5) is 0 Å². The van der Waals surface area contributed by atoms with E-state index in [4.69, 9.17) is 4.74 Å². The predicted molar refractivity (Wildman–Crippen MR) is 121 cm³/mol. The second-order valence-electron chi connectivity index (χ2n) is 8.42. The summed E-state index contributed by atoms with van der Waals surface area (Å²) >= 11 is 0. The van der Waals surface area contributed by atoms with Crippen LogP contribution in [0.5, 0.6) is 5.75 Å². The maximum absolute atomic E-state index is 5.91. The first-order valence-electron chi connectivity index (χ1n) is 11.9. The molecule has 0 radical (unpaired) electrons. The van der Waals surface area contributed by atoms with Crippen LogP contribution in [0.2, 0.25) is 0 Å². The molecule has 1 heteroatoms. The number of ether oxygens (including phenoxy) is 1. The Morgan fingerprint density at radius 1 is 0.593 bits per heavy atom. The molecule has 0 amide bonds. The molecule has 27 heavy (non-hydrogen) atoms. The van der Waals surface area contributed by atoms with Gasteiger partial charge in [0.2, 0.25) is 0 Å². The zero-order valence-electron chi connectivity index (χ0n) is 18.7. The molecular formula is C26H46O. The fourth-order valence-electron chi connectivity index (χ4n) is 3.79. The third-order valence-electron chi connectivity index (χ3n) is 5.59. The maximum Gasteiger partial charge on any atom is 0.122 e. The number of hydrogen-bond acceptors (Lipinski definition) is 1. The summed E-state index contributed by atoms with van der Waals surface area (Å²) < 4.78 is 5.91. The molecule has 0 aliphatic rings. The Labute approximate surface area is 170 Å². The van der Waals surface area contributed by atoms with Crippen LogP contribution in [-0.4, -0.2) is 6.61 Å². The van der Waals surface area contributed by atoms with Gasteiger partial charge < -0.3 is 4.74 Å². The Balaban J connectivity index is 1.78. The van der Waals surface area contributed by atoms with E-state index in [1.165, 1.54) is 114 Å². The van der Waals surface area contributed by atoms with Crippen molar-refractivity contribution in [3.05, 3.63) is 29.3 Å². The summed E-state index contributed by atoms with van der Waals surface area (Å²) in [7, 11) is 0. The van der Waals surface area contributed by atoms with E-state index >= 15 is 0 Å². The molecule has 0 saturated carbocycles. The lowest BCUT2D eigenvalue weighted by Gasteiger charge is -2.09. The third-order valence-corrected chi connectivity index (χ3v) is 5.59. The molecule has 0 unspecified atom stereocenters. The van der Waals surface area contributed by atoms with Crippen molar-refractivity contribution in [3.8, 4) is 5.75 Å². The third kappa shape index (κ3) is 13.8. The van der Waals surface area contributed by atoms with Crippen molar-refractivity contribution in [1.29, 1.82) is 0 Å². The van der Waals surface area contributed by atoms with E-state index in [2.05, 4.69) is 39.0 Å². The van der Waals surface area contributed by atoms with Gasteiger partial charge in [0, 0.05) is 0 Å². The SMILES string of the molecule is CCCCCCCCCCCCCCCCCCOc1ccc(C)cc1C. The summed E-state index contributed by atoms with van der Waals surface area (Å²) in [5.41, 5.74) is 2.56. The van der Waals surface area contributed by atoms with E-state index < -0.39 is 0 Å². The van der Waals surface area contributed by atoms with Gasteiger partial charge in [0.25, 0.3) is 0 Å². The van der Waals surface area contributed by atoms with E-state index in [0.717, 1.165) is 12.4 Å². The minimum absolute atomic E-state index is 0.863. The molecule has 1 aromatic carbocycles. The number of unbranched alkanes of at least 4 members (excludes halogenated alkanes) is 15. The van der Waals surface area contributed by atoms with Crippen LogP contribution in [0.25, 0.3) is 0 Å². The molecule has 0 fully saturated rings. The van der Waals surface area contributed by atoms with Crippen molar-refractivity contribution in [1.82, 2.24) is 0 Å². The molecule has 0 N–H and O–H groups in total. The van der Waals surface area contributed by atoms with Crippen molar-refractivity contribution in [3.63, 3.8) is 0 Å². The summed E-state index contributed by atoms with van der Waals surface area (Å²) in [6.07, 6.45) is 22.6. The second kappa shape index (κ2) is 17.1. The Morgan fingerprint density at radius 3 is 1.48 bits per heavy atom. The van der Waals surface area contributed by atoms with Gasteiger partial charge in [-0.2, -0.15) is 0 Å². The van der Waals surface area contributed by atoms with Crippen molar-refractivity contribution in [2.24, 2.45) is 0 Å². The zero-order valence-corrected chi connectivity index (χ0v) is 18.7. The molecule has 156 valence electrons. The van der Waals surface area contributed by atoms with Crippen LogP contribution in [-0.2, 0) is 0 Å². The number of aryl methyl sites for hydroxylation is 2. The summed E-state index contributed by atoms with van der Waals surface area (Å²) in [5.74, 6) is 1.06. The number of rotatable bonds is 18. The Bertz CT molecular complexity index is 452. The highest BCUT2D eigenvalue weighted by Gasteiger charge is 1.99. The van der Waals surface area contributed by atoms with Crippen LogP contribution in [0.15, 0.2) is 18.2 Å². The lowest BCUT2D eigenvalue weighted by Crippen LogP contribution is -1.99. The molecule has 0 aliphatic carbocycles. The topological polar surface area (TPSA) is 9.23 Å². The largest absolute Gasteiger partial charge is 0.493 e. The average molecular weight is 375 g/mol. The number of hydrogen-bond donors (Lipinski definition) is 0. The van der Waals surface area contributed by atoms with Gasteiger partial charge in [0.15, 0.2) is 0 Å². The van der Waals surface area contributed by atoms with Crippen LogP contribution in [0.1, 0.15) is 121 Å². The first kappa shape index (κ1) is 24.1. The molecule has 0 aliphatic heterocycles. The Hall–Kier alpha value is -0.980. The van der Waals surface area contributed by atoms with Gasteiger partial charge in [-0.25, -0.2) is 0 Å². The van der Waals surface area contributed by atoms with Gasteiger partial charge in [-0.1, -0.05) is 121 Å². The molecule has 1 rings (SSSR count). The standard InChI is InChI=1S/C26H46O/c1-4-5-6-7-8-9-10-11-12-13-14-15-16-17-18-19-22-27-26-21-20-24(2)23-25(26)3/h20-21,23H,4-19,22H2,1-3H3. The van der Waals surface area contributed by atoms with Gasteiger partial charge in [-0.05, 0) is 31.9 Å². The zero-order chi connectivity index (χ0) is 19.6. The highest BCUT2D eigenvalue weighted by atomic mass is 16.5. The van der Waals surface area contributed by atoms with Gasteiger partial charge in [0.1, 0.15) is 5.75 Å². The lowest BCUT2D eigenvalue weighted by molar-refractivity contribution is 0.302. The van der Waals surface area contributed by atoms with E-state index in [9.17, 15) is 0 Å². The Morgan fingerprint density at radius 2 is 1.04 bits per heavy atom. The molecule has 1 aromatic rings. The molecule has 0 aromatic heterocycles. The molecule has 0 bridgehead atoms. The van der Waals surface area contributed by atoms with Crippen LogP contribution >= 0.6 is 0 Å². The first-order valence-corrected chi connectivity index (χ1v) is 11.9. The van der Waals surface area contributed by atoms with Crippen molar-refractivity contribution < 1.29 is 4.74 Å². The Kier molecular flexibility index (Phi) is 15.3. The monoisotopic (exact) mass is 374 g/mol. The van der Waals surface area contributed by atoms with Crippen molar-refractivity contribution in [2.75, 3.05) is 6.61 Å². The van der Waals surface area contributed by atoms with Crippen LogP contribution in [0, 0.1) is 13.8 Å². The number of benzene rings is 1. The quantitative estimate of drug-likeness (QED) is 0.233. The van der Waals surface area contributed by atoms with Crippen LogP contribution < -0.4 is 4.74 Å². The molecule has 0 spiro atoms. The molecular weight excluding hydrogens is 328 g/mol. The summed E-state index contributed by atoms with van der Waals surface area (Å²) in [6, 6.07) is 6.44. The normalized spacial score (nSPS) is 11.1. The smallest absolute Gasteiger partial charge is 0.122 e. The van der Waals surface area contributed by atoms with Gasteiger partial charge in [0.05, 0.1) is 6.61 Å². The average Bonchev–Trinajstić information content (AvgIpc) is 2.65. The summed E-state index contributed by atoms with van der Waals surface area (Å²) in [5, 5.41) is 0. The van der Waals surface area contributed by atoms with Crippen LogP contribution in [0.3, 0.4) is 0 Å². The fraction of sp³-hybridized carbons (Fsp3) is 0.769. The van der Waals surface area contributed by atoms with Crippen molar-refractivity contribution in [2.45, 2.75) is 124 Å².